The number of fused-ring (bicyclic) bond motifs is 13. The summed E-state index contributed by atoms with van der Waals surface area (Å²) in [6, 6.07) is 65.5. The molecule has 264 valence electrons. The lowest BCUT2D eigenvalue weighted by atomic mass is 9.62. The van der Waals surface area contributed by atoms with Gasteiger partial charge in [0.2, 0.25) is 9.84 Å². The minimum absolute atomic E-state index is 0.314. The second-order valence-corrected chi connectivity index (χ2v) is 16.3. The molecule has 5 heteroatoms. The third-order valence-electron chi connectivity index (χ3n) is 11.5. The Hall–Kier alpha value is -6.95. The highest BCUT2D eigenvalue weighted by atomic mass is 32.2. The molecular weight excluding hydrogens is 705 g/mol. The third kappa shape index (κ3) is 4.61. The van der Waals surface area contributed by atoms with E-state index in [9.17, 15) is 0 Å². The first-order valence-electron chi connectivity index (χ1n) is 18.7. The summed E-state index contributed by atoms with van der Waals surface area (Å²) >= 11 is 0. The molecule has 0 saturated heterocycles. The largest absolute Gasteiger partial charge is 0.228 e. The number of benzene rings is 8. The summed E-state index contributed by atoms with van der Waals surface area (Å²) < 4.78 is 30.2. The van der Waals surface area contributed by atoms with Crippen molar-refractivity contribution in [3.05, 3.63) is 216 Å². The zero-order chi connectivity index (χ0) is 37.4. The van der Waals surface area contributed by atoms with Crippen LogP contribution < -0.4 is 0 Å². The first-order valence-corrected chi connectivity index (χ1v) is 20.2. The van der Waals surface area contributed by atoms with Crippen LogP contribution in [-0.2, 0) is 15.3 Å². The van der Waals surface area contributed by atoms with E-state index in [1.165, 1.54) is 0 Å². The summed E-state index contributed by atoms with van der Waals surface area (Å²) in [4.78, 5) is 11.1. The predicted octanol–water partition coefficient (Wildman–Crippen LogP) is 11.8. The predicted molar refractivity (Wildman–Crippen MR) is 224 cm³/mol. The van der Waals surface area contributed by atoms with Crippen LogP contribution in [0.4, 0.5) is 0 Å². The Balaban J connectivity index is 1.31. The topological polar surface area (TPSA) is 59.9 Å². The smallest absolute Gasteiger partial charge is 0.207 e. The van der Waals surface area contributed by atoms with Crippen LogP contribution in [0.1, 0.15) is 22.3 Å². The van der Waals surface area contributed by atoms with Gasteiger partial charge in [-0.2, -0.15) is 0 Å². The quantitative estimate of drug-likeness (QED) is 0.181. The van der Waals surface area contributed by atoms with Crippen molar-refractivity contribution in [1.82, 2.24) is 9.97 Å². The van der Waals surface area contributed by atoms with Gasteiger partial charge in [0.25, 0.3) is 0 Å². The maximum absolute atomic E-state index is 15.1. The highest BCUT2D eigenvalue weighted by Gasteiger charge is 2.52. The monoisotopic (exact) mass is 736 g/mol. The maximum Gasteiger partial charge on any atom is 0.207 e. The fourth-order valence-corrected chi connectivity index (χ4v) is 11.1. The normalized spacial score (nSPS) is 15.9. The molecule has 1 aromatic heterocycles. The summed E-state index contributed by atoms with van der Waals surface area (Å²) in [7, 11) is -3.95. The molecule has 9 aromatic rings. The van der Waals surface area contributed by atoms with Crippen molar-refractivity contribution in [3.8, 4) is 56.2 Å². The molecule has 1 unspecified atom stereocenters. The molecule has 1 aliphatic carbocycles. The highest BCUT2D eigenvalue weighted by molar-refractivity contribution is 7.92. The molecule has 0 fully saturated rings. The molecule has 1 atom stereocenters. The van der Waals surface area contributed by atoms with Gasteiger partial charge in [0.15, 0.2) is 5.82 Å². The van der Waals surface area contributed by atoms with Crippen LogP contribution in [0.25, 0.3) is 66.9 Å². The summed E-state index contributed by atoms with van der Waals surface area (Å²) in [6.45, 7) is 0. The van der Waals surface area contributed by atoms with Gasteiger partial charge >= 0.3 is 0 Å². The summed E-state index contributed by atoms with van der Waals surface area (Å²) in [6.07, 6.45) is 0. The summed E-state index contributed by atoms with van der Waals surface area (Å²) in [5.74, 6) is 0.587. The average molecular weight is 737 g/mol. The number of hydrogen-bond donors (Lipinski definition) is 0. The molecule has 0 saturated carbocycles. The molecule has 0 bridgehead atoms. The van der Waals surface area contributed by atoms with Gasteiger partial charge in [0, 0.05) is 22.1 Å². The van der Waals surface area contributed by atoms with Crippen LogP contribution >= 0.6 is 0 Å². The number of aromatic nitrogens is 2. The molecule has 2 heterocycles. The number of hydrogen-bond acceptors (Lipinski definition) is 4. The molecule has 0 amide bonds. The van der Waals surface area contributed by atoms with E-state index in [-0.39, 0.29) is 0 Å². The molecule has 1 aliphatic heterocycles. The fraction of sp³-hybridized carbons (Fsp3) is 0.0196. The summed E-state index contributed by atoms with van der Waals surface area (Å²) in [5.41, 5.74) is 11.1. The standard InChI is InChI=1S/C51H32N2O2S/c54-56(55)48-26-14-13-25-43(48)51(44-30-28-33-15-7-8-20-37(33)49(44)56)42-24-12-11-23-40(42)38-21-9-10-22-39(38)41-29-27-36(31-45(41)51)50-52-46(34-16-3-1-4-17-34)32-47(53-50)35-18-5-2-6-19-35/h1-32H. The van der Waals surface area contributed by atoms with Crippen LogP contribution in [0.2, 0.25) is 0 Å². The Morgan fingerprint density at radius 2 is 0.946 bits per heavy atom. The van der Waals surface area contributed by atoms with Crippen LogP contribution in [0.15, 0.2) is 204 Å². The lowest BCUT2D eigenvalue weighted by Crippen LogP contribution is -2.38. The van der Waals surface area contributed by atoms with Gasteiger partial charge in [0.05, 0.1) is 26.6 Å². The second-order valence-electron chi connectivity index (χ2n) is 14.5. The van der Waals surface area contributed by atoms with Crippen molar-refractivity contribution < 1.29 is 8.42 Å². The Bertz CT molecular complexity index is 3100. The lowest BCUT2D eigenvalue weighted by Gasteiger charge is -2.43. The van der Waals surface area contributed by atoms with E-state index >= 15 is 8.42 Å². The van der Waals surface area contributed by atoms with Gasteiger partial charge in [-0.1, -0.05) is 176 Å². The molecule has 0 N–H and O–H groups in total. The zero-order valence-electron chi connectivity index (χ0n) is 30.1. The van der Waals surface area contributed by atoms with Crippen LogP contribution in [0, 0.1) is 0 Å². The van der Waals surface area contributed by atoms with Gasteiger partial charge in [-0.3, -0.25) is 0 Å². The van der Waals surface area contributed by atoms with E-state index < -0.39 is 15.3 Å². The van der Waals surface area contributed by atoms with E-state index in [2.05, 4.69) is 109 Å². The molecule has 0 radical (unpaired) electrons. The second kappa shape index (κ2) is 12.3. The fourth-order valence-electron chi connectivity index (χ4n) is 9.14. The van der Waals surface area contributed by atoms with E-state index in [4.69, 9.17) is 9.97 Å². The van der Waals surface area contributed by atoms with E-state index in [0.717, 1.165) is 78.0 Å². The number of sulfone groups is 1. The van der Waals surface area contributed by atoms with Crippen molar-refractivity contribution in [2.45, 2.75) is 15.2 Å². The van der Waals surface area contributed by atoms with Gasteiger partial charge in [0.1, 0.15) is 0 Å². The Morgan fingerprint density at radius 3 is 1.64 bits per heavy atom. The first-order chi connectivity index (χ1) is 27.5. The average Bonchev–Trinajstić information content (AvgIpc) is 3.37. The SMILES string of the molecule is O=S1(=O)c2ccccc2C2(c3ccccc3-c3ccccc3-c3ccc(-c4nc(-c5ccccc5)cc(-c5ccccc5)n4)cc32)c2ccc3ccccc3c21. The van der Waals surface area contributed by atoms with Crippen molar-refractivity contribution in [2.75, 3.05) is 0 Å². The highest BCUT2D eigenvalue weighted by Crippen LogP contribution is 2.60. The molecular formula is C51H32N2O2S. The van der Waals surface area contributed by atoms with Gasteiger partial charge < -0.3 is 0 Å². The van der Waals surface area contributed by atoms with Crippen molar-refractivity contribution in [2.24, 2.45) is 0 Å². The van der Waals surface area contributed by atoms with Crippen LogP contribution in [-0.4, -0.2) is 18.4 Å². The van der Waals surface area contributed by atoms with E-state index in [1.807, 2.05) is 78.9 Å². The summed E-state index contributed by atoms with van der Waals surface area (Å²) in [5, 5.41) is 1.59. The van der Waals surface area contributed by atoms with Gasteiger partial charge in [-0.15, -0.1) is 0 Å². The van der Waals surface area contributed by atoms with Crippen molar-refractivity contribution >= 4 is 20.6 Å². The van der Waals surface area contributed by atoms with Gasteiger partial charge in [-0.05, 0) is 68.1 Å². The number of nitrogens with zero attached hydrogens (tertiary/aromatic N) is 2. The molecule has 11 rings (SSSR count). The number of rotatable bonds is 3. The molecule has 2 aliphatic rings. The lowest BCUT2D eigenvalue weighted by molar-refractivity contribution is 0.581. The minimum atomic E-state index is -3.95. The Labute approximate surface area is 325 Å². The zero-order valence-corrected chi connectivity index (χ0v) is 30.9. The van der Waals surface area contributed by atoms with E-state index in [0.29, 0.717) is 21.0 Å². The van der Waals surface area contributed by atoms with Gasteiger partial charge in [-0.25, -0.2) is 18.4 Å². The maximum atomic E-state index is 15.1. The first kappa shape index (κ1) is 32.5. The van der Waals surface area contributed by atoms with Crippen molar-refractivity contribution in [1.29, 1.82) is 0 Å². The van der Waals surface area contributed by atoms with E-state index in [1.54, 1.807) is 6.07 Å². The van der Waals surface area contributed by atoms with Crippen LogP contribution in [0.5, 0.6) is 0 Å². The molecule has 8 aromatic carbocycles. The molecule has 4 nitrogen and oxygen atoms in total. The Kier molecular flexibility index (Phi) is 7.12. The molecule has 1 spiro atoms. The van der Waals surface area contributed by atoms with Crippen molar-refractivity contribution in [3.63, 3.8) is 0 Å². The Morgan fingerprint density at radius 1 is 0.393 bits per heavy atom. The molecule has 56 heavy (non-hydrogen) atoms. The van der Waals surface area contributed by atoms with Crippen LogP contribution in [0.3, 0.4) is 0 Å². The minimum Gasteiger partial charge on any atom is -0.228 e. The third-order valence-corrected chi connectivity index (χ3v) is 13.4.